The number of hydrogen-bond donors (Lipinski definition) is 2. The van der Waals surface area contributed by atoms with E-state index < -0.39 is 21.3 Å². The number of carbonyl (C=O) groups excluding carboxylic acids is 2. The average Bonchev–Trinajstić information content (AvgIpc) is 3.53. The zero-order valence-corrected chi connectivity index (χ0v) is 20.1. The number of rotatable bonds is 6. The Morgan fingerprint density at radius 3 is 1.97 bits per heavy atom. The second-order valence-corrected chi connectivity index (χ2v) is 11.6. The van der Waals surface area contributed by atoms with Crippen LogP contribution < -0.4 is 10.0 Å². The van der Waals surface area contributed by atoms with Crippen molar-refractivity contribution < 1.29 is 18.0 Å². The number of sulfonamides is 1. The van der Waals surface area contributed by atoms with Gasteiger partial charge < -0.3 is 10.2 Å². The minimum Gasteiger partial charge on any atom is -0.342 e. The van der Waals surface area contributed by atoms with Crippen molar-refractivity contribution in [2.75, 3.05) is 18.4 Å². The highest BCUT2D eigenvalue weighted by Crippen LogP contribution is 2.36. The summed E-state index contributed by atoms with van der Waals surface area (Å²) in [4.78, 5) is 26.6. The van der Waals surface area contributed by atoms with Gasteiger partial charge in [0, 0.05) is 29.7 Å². The Morgan fingerprint density at radius 2 is 1.52 bits per heavy atom. The van der Waals surface area contributed by atoms with Crippen LogP contribution in [0.5, 0.6) is 0 Å². The number of likely N-dealkylation sites (tertiary alicyclic amines) is 1. The molecular formula is C22H32ClN3O4S. The fourth-order valence-electron chi connectivity index (χ4n) is 4.03. The Hall–Kier alpha value is -1.80. The molecule has 9 heteroatoms. The van der Waals surface area contributed by atoms with Crippen LogP contribution in [0.15, 0.2) is 12.1 Å². The molecule has 1 aliphatic carbocycles. The lowest BCUT2D eigenvalue weighted by atomic mass is 9.92. The van der Waals surface area contributed by atoms with E-state index in [0.29, 0.717) is 36.6 Å². The molecule has 1 saturated carbocycles. The van der Waals surface area contributed by atoms with Crippen molar-refractivity contribution >= 4 is 39.2 Å². The molecule has 31 heavy (non-hydrogen) atoms. The first kappa shape index (κ1) is 23.9. The fraction of sp³-hybridized carbons (Fsp3) is 0.636. The molecule has 0 aromatic heterocycles. The third-order valence-electron chi connectivity index (χ3n) is 6.00. The monoisotopic (exact) mass is 469 g/mol. The van der Waals surface area contributed by atoms with Crippen molar-refractivity contribution in [3.8, 4) is 0 Å². The zero-order chi connectivity index (χ0) is 22.9. The number of anilines is 1. The van der Waals surface area contributed by atoms with Gasteiger partial charge in [0.15, 0.2) is 0 Å². The van der Waals surface area contributed by atoms with Crippen LogP contribution in [0.4, 0.5) is 10.5 Å². The van der Waals surface area contributed by atoms with Crippen molar-refractivity contribution in [3.63, 3.8) is 0 Å². The van der Waals surface area contributed by atoms with Crippen LogP contribution in [-0.2, 0) is 14.8 Å². The normalized spacial score (nSPS) is 17.8. The molecule has 172 valence electrons. The number of piperidine rings is 1. The molecule has 3 amide bonds. The lowest BCUT2D eigenvalue weighted by molar-refractivity contribution is -0.133. The highest BCUT2D eigenvalue weighted by atomic mass is 35.5. The first-order valence-electron chi connectivity index (χ1n) is 10.9. The SMILES string of the molecule is CC(C)c1cc(Cl)cc(C(C)C)c1NC(=O)NS(=O)(=O)C1CCN(C(=O)C2CC2)CC1. The summed E-state index contributed by atoms with van der Waals surface area (Å²) in [6.07, 6.45) is 2.52. The molecule has 1 aliphatic heterocycles. The predicted molar refractivity (Wildman–Crippen MR) is 123 cm³/mol. The summed E-state index contributed by atoms with van der Waals surface area (Å²) in [7, 11) is -3.86. The minimum absolute atomic E-state index is 0.0939. The molecule has 0 unspecified atom stereocenters. The molecule has 0 atom stereocenters. The summed E-state index contributed by atoms with van der Waals surface area (Å²) in [5.41, 5.74) is 2.32. The van der Waals surface area contributed by atoms with Gasteiger partial charge in [-0.05, 0) is 60.8 Å². The number of halogens is 1. The first-order valence-corrected chi connectivity index (χ1v) is 12.9. The smallest absolute Gasteiger partial charge is 0.332 e. The quantitative estimate of drug-likeness (QED) is 0.643. The highest BCUT2D eigenvalue weighted by Gasteiger charge is 2.38. The molecule has 1 heterocycles. The summed E-state index contributed by atoms with van der Waals surface area (Å²) in [5.74, 6) is 0.446. The summed E-state index contributed by atoms with van der Waals surface area (Å²) in [5, 5.41) is 2.65. The maximum Gasteiger partial charge on any atom is 0.332 e. The molecular weight excluding hydrogens is 438 g/mol. The van der Waals surface area contributed by atoms with Gasteiger partial charge in [-0.25, -0.2) is 17.9 Å². The van der Waals surface area contributed by atoms with Crippen molar-refractivity contribution in [3.05, 3.63) is 28.3 Å². The van der Waals surface area contributed by atoms with Crippen LogP contribution in [-0.4, -0.2) is 43.6 Å². The summed E-state index contributed by atoms with van der Waals surface area (Å²) in [6.45, 7) is 8.79. The first-order chi connectivity index (χ1) is 14.5. The minimum atomic E-state index is -3.86. The van der Waals surface area contributed by atoms with E-state index in [9.17, 15) is 18.0 Å². The van der Waals surface area contributed by atoms with E-state index in [1.165, 1.54) is 0 Å². The molecule has 2 aliphatic rings. The van der Waals surface area contributed by atoms with Crippen LogP contribution >= 0.6 is 11.6 Å². The van der Waals surface area contributed by atoms with E-state index in [1.54, 1.807) is 17.0 Å². The van der Waals surface area contributed by atoms with Gasteiger partial charge in [-0.15, -0.1) is 0 Å². The maximum absolute atomic E-state index is 12.8. The zero-order valence-electron chi connectivity index (χ0n) is 18.6. The molecule has 0 spiro atoms. The number of nitrogens with one attached hydrogen (secondary N) is 2. The number of hydrogen-bond acceptors (Lipinski definition) is 4. The molecule has 1 aromatic rings. The summed E-state index contributed by atoms with van der Waals surface area (Å²) >= 11 is 6.26. The molecule has 0 radical (unpaired) electrons. The topological polar surface area (TPSA) is 95.6 Å². The molecule has 2 N–H and O–H groups in total. The van der Waals surface area contributed by atoms with Gasteiger partial charge in [-0.1, -0.05) is 39.3 Å². The molecule has 1 saturated heterocycles. The number of urea groups is 1. The third kappa shape index (κ3) is 5.71. The lowest BCUT2D eigenvalue weighted by Crippen LogP contribution is -2.47. The molecule has 3 rings (SSSR count). The Bertz CT molecular complexity index is 920. The second kappa shape index (κ2) is 9.36. The molecule has 1 aromatic carbocycles. The lowest BCUT2D eigenvalue weighted by Gasteiger charge is -2.31. The molecule has 7 nitrogen and oxygen atoms in total. The Morgan fingerprint density at radius 1 is 1.00 bits per heavy atom. The van der Waals surface area contributed by atoms with Gasteiger partial charge in [-0.2, -0.15) is 0 Å². The molecule has 2 fully saturated rings. The Kier molecular flexibility index (Phi) is 7.21. The largest absolute Gasteiger partial charge is 0.342 e. The van der Waals surface area contributed by atoms with Crippen molar-refractivity contribution in [1.82, 2.24) is 9.62 Å². The fourth-order valence-corrected chi connectivity index (χ4v) is 5.57. The summed E-state index contributed by atoms with van der Waals surface area (Å²) < 4.78 is 27.8. The van der Waals surface area contributed by atoms with E-state index in [0.717, 1.165) is 24.0 Å². The second-order valence-electron chi connectivity index (χ2n) is 9.17. The van der Waals surface area contributed by atoms with E-state index in [1.807, 2.05) is 27.7 Å². The maximum atomic E-state index is 12.8. The van der Waals surface area contributed by atoms with Gasteiger partial charge in [0.2, 0.25) is 15.9 Å². The van der Waals surface area contributed by atoms with Gasteiger partial charge >= 0.3 is 6.03 Å². The van der Waals surface area contributed by atoms with Crippen LogP contribution in [0.1, 0.15) is 76.3 Å². The number of benzene rings is 1. The Balaban J connectivity index is 1.68. The standard InChI is InChI=1S/C22H32ClN3O4S/c1-13(2)18-11-16(23)12-19(14(3)4)20(18)24-22(28)25-31(29,30)17-7-9-26(10-8-17)21(27)15-5-6-15/h11-15,17H,5-10H2,1-4H3,(H2,24,25,28). The molecule has 0 bridgehead atoms. The third-order valence-corrected chi connectivity index (χ3v) is 8.04. The van der Waals surface area contributed by atoms with Crippen LogP contribution in [0, 0.1) is 5.92 Å². The van der Waals surface area contributed by atoms with Gasteiger partial charge in [-0.3, -0.25) is 4.79 Å². The van der Waals surface area contributed by atoms with E-state index >= 15 is 0 Å². The highest BCUT2D eigenvalue weighted by molar-refractivity contribution is 7.90. The van der Waals surface area contributed by atoms with Crippen molar-refractivity contribution in [2.24, 2.45) is 5.92 Å². The number of nitrogens with zero attached hydrogens (tertiary/aromatic N) is 1. The van der Waals surface area contributed by atoms with Crippen molar-refractivity contribution in [2.45, 2.75) is 70.5 Å². The number of carbonyl (C=O) groups is 2. The summed E-state index contributed by atoms with van der Waals surface area (Å²) in [6, 6.07) is 2.83. The van der Waals surface area contributed by atoms with Crippen LogP contribution in [0.3, 0.4) is 0 Å². The Labute approximate surface area is 190 Å². The average molecular weight is 470 g/mol. The van der Waals surface area contributed by atoms with E-state index in [2.05, 4.69) is 10.0 Å². The van der Waals surface area contributed by atoms with Crippen LogP contribution in [0.2, 0.25) is 5.02 Å². The van der Waals surface area contributed by atoms with Gasteiger partial charge in [0.1, 0.15) is 0 Å². The van der Waals surface area contributed by atoms with Crippen LogP contribution in [0.25, 0.3) is 0 Å². The van der Waals surface area contributed by atoms with Gasteiger partial charge in [0.25, 0.3) is 0 Å². The van der Waals surface area contributed by atoms with Gasteiger partial charge in [0.05, 0.1) is 5.25 Å². The van der Waals surface area contributed by atoms with E-state index in [-0.39, 0.29) is 23.7 Å². The predicted octanol–water partition coefficient (Wildman–Crippen LogP) is 4.44. The van der Waals surface area contributed by atoms with Crippen molar-refractivity contribution in [1.29, 1.82) is 0 Å². The van der Waals surface area contributed by atoms with E-state index in [4.69, 9.17) is 11.6 Å². The number of amides is 3.